The Hall–Kier alpha value is -4.33. The molecule has 34 heavy (non-hydrogen) atoms. The molecule has 1 aromatic heterocycles. The number of pyridine rings is 1. The third kappa shape index (κ3) is 4.56. The maximum atomic E-state index is 13.5. The summed E-state index contributed by atoms with van der Waals surface area (Å²) in [5, 5.41) is 3.14. The number of hydrogen-bond acceptors (Lipinski definition) is 7. The van der Waals surface area contributed by atoms with Crippen LogP contribution in [0.25, 0.3) is 5.57 Å². The second-order valence-corrected chi connectivity index (χ2v) is 7.45. The van der Waals surface area contributed by atoms with Gasteiger partial charge >= 0.3 is 0 Å². The fraction of sp³-hybridized carbons (Fsp3) is 0.192. The van der Waals surface area contributed by atoms with E-state index in [-0.39, 0.29) is 23.7 Å². The van der Waals surface area contributed by atoms with E-state index in [1.165, 1.54) is 12.0 Å². The Morgan fingerprint density at radius 2 is 1.59 bits per heavy atom. The van der Waals surface area contributed by atoms with Crippen molar-refractivity contribution in [2.24, 2.45) is 0 Å². The summed E-state index contributed by atoms with van der Waals surface area (Å²) in [7, 11) is 3.08. The third-order valence-corrected chi connectivity index (χ3v) is 5.36. The predicted octanol–water partition coefficient (Wildman–Crippen LogP) is 3.89. The Morgan fingerprint density at radius 3 is 2.24 bits per heavy atom. The summed E-state index contributed by atoms with van der Waals surface area (Å²) in [4.78, 5) is 32.1. The number of anilines is 1. The van der Waals surface area contributed by atoms with Crippen LogP contribution in [-0.2, 0) is 16.1 Å². The van der Waals surface area contributed by atoms with Crippen LogP contribution in [0.3, 0.4) is 0 Å². The van der Waals surface area contributed by atoms with Gasteiger partial charge in [-0.2, -0.15) is 0 Å². The minimum atomic E-state index is -0.416. The Bertz CT molecular complexity index is 1220. The van der Waals surface area contributed by atoms with Crippen LogP contribution in [0.4, 0.5) is 5.69 Å². The van der Waals surface area contributed by atoms with E-state index in [9.17, 15) is 9.59 Å². The van der Waals surface area contributed by atoms with Crippen molar-refractivity contribution in [1.82, 2.24) is 9.88 Å². The molecule has 0 saturated heterocycles. The molecule has 174 valence electrons. The molecule has 1 aliphatic rings. The second-order valence-electron chi connectivity index (χ2n) is 7.45. The van der Waals surface area contributed by atoms with Gasteiger partial charge in [0.05, 0.1) is 32.9 Å². The average molecular weight is 460 g/mol. The number of carbonyl (C=O) groups is 2. The van der Waals surface area contributed by atoms with E-state index in [1.807, 2.05) is 6.92 Å². The van der Waals surface area contributed by atoms with Crippen LogP contribution >= 0.6 is 0 Å². The zero-order chi connectivity index (χ0) is 24.1. The lowest BCUT2D eigenvalue weighted by Crippen LogP contribution is -2.32. The van der Waals surface area contributed by atoms with E-state index < -0.39 is 5.91 Å². The fourth-order valence-electron chi connectivity index (χ4n) is 3.72. The van der Waals surface area contributed by atoms with E-state index in [4.69, 9.17) is 14.2 Å². The molecule has 0 spiro atoms. The van der Waals surface area contributed by atoms with Gasteiger partial charge in [0.15, 0.2) is 11.5 Å². The van der Waals surface area contributed by atoms with Gasteiger partial charge in [0.1, 0.15) is 11.4 Å². The van der Waals surface area contributed by atoms with Crippen LogP contribution < -0.4 is 19.5 Å². The highest BCUT2D eigenvalue weighted by atomic mass is 16.5. The van der Waals surface area contributed by atoms with Crippen molar-refractivity contribution in [2.45, 2.75) is 13.5 Å². The fourth-order valence-corrected chi connectivity index (χ4v) is 3.72. The van der Waals surface area contributed by atoms with Gasteiger partial charge in [-0.3, -0.25) is 19.5 Å². The number of imide groups is 1. The van der Waals surface area contributed by atoms with Crippen molar-refractivity contribution in [1.29, 1.82) is 0 Å². The first kappa shape index (κ1) is 22.8. The highest BCUT2D eigenvalue weighted by Crippen LogP contribution is 2.35. The second kappa shape index (κ2) is 10.1. The van der Waals surface area contributed by atoms with Crippen LogP contribution in [0, 0.1) is 0 Å². The maximum absolute atomic E-state index is 13.5. The highest BCUT2D eigenvalue weighted by molar-refractivity contribution is 6.36. The zero-order valence-corrected chi connectivity index (χ0v) is 19.2. The molecular weight excluding hydrogens is 434 g/mol. The summed E-state index contributed by atoms with van der Waals surface area (Å²) in [6.07, 6.45) is 3.26. The van der Waals surface area contributed by atoms with Gasteiger partial charge in [-0.1, -0.05) is 12.1 Å². The van der Waals surface area contributed by atoms with Gasteiger partial charge in [0.2, 0.25) is 0 Å². The van der Waals surface area contributed by atoms with E-state index in [0.717, 1.165) is 5.56 Å². The number of hydrogen-bond donors (Lipinski definition) is 1. The zero-order valence-electron chi connectivity index (χ0n) is 19.2. The van der Waals surface area contributed by atoms with Crippen molar-refractivity contribution >= 4 is 23.1 Å². The third-order valence-electron chi connectivity index (χ3n) is 5.36. The molecule has 4 rings (SSSR count). The lowest BCUT2D eigenvalue weighted by atomic mass is 10.0. The van der Waals surface area contributed by atoms with E-state index in [0.29, 0.717) is 35.1 Å². The summed E-state index contributed by atoms with van der Waals surface area (Å²) in [6.45, 7) is 2.57. The standard InChI is InChI=1S/C26H25N3O5/c1-4-34-20-8-5-18(6-9-20)23-24(28-19-7-10-21(32-2)22(15-19)33-3)26(31)29(25(23)30)16-17-11-13-27-14-12-17/h5-15,28H,4,16H2,1-3H3. The smallest absolute Gasteiger partial charge is 0.278 e. The Kier molecular flexibility index (Phi) is 6.77. The Morgan fingerprint density at radius 1 is 0.882 bits per heavy atom. The average Bonchev–Trinajstić information content (AvgIpc) is 3.09. The number of methoxy groups -OCH3 is 2. The van der Waals surface area contributed by atoms with E-state index in [1.54, 1.807) is 74.1 Å². The monoisotopic (exact) mass is 459 g/mol. The van der Waals surface area contributed by atoms with Gasteiger partial charge < -0.3 is 19.5 Å². The lowest BCUT2D eigenvalue weighted by Gasteiger charge is -2.15. The van der Waals surface area contributed by atoms with Crippen molar-refractivity contribution in [3.63, 3.8) is 0 Å². The molecule has 0 radical (unpaired) electrons. The number of aromatic nitrogens is 1. The largest absolute Gasteiger partial charge is 0.494 e. The normalized spacial score (nSPS) is 13.3. The molecule has 8 heteroatoms. The summed E-state index contributed by atoms with van der Waals surface area (Å²) < 4.78 is 16.2. The molecule has 0 aliphatic carbocycles. The lowest BCUT2D eigenvalue weighted by molar-refractivity contribution is -0.137. The maximum Gasteiger partial charge on any atom is 0.278 e. The number of carbonyl (C=O) groups excluding carboxylic acids is 2. The molecule has 8 nitrogen and oxygen atoms in total. The van der Waals surface area contributed by atoms with Crippen LogP contribution in [0.1, 0.15) is 18.1 Å². The van der Waals surface area contributed by atoms with Gasteiger partial charge in [0.25, 0.3) is 11.8 Å². The minimum Gasteiger partial charge on any atom is -0.494 e. The Balaban J connectivity index is 1.73. The summed E-state index contributed by atoms with van der Waals surface area (Å²) in [5.74, 6) is 0.948. The first-order valence-corrected chi connectivity index (χ1v) is 10.8. The Labute approximate surface area is 197 Å². The van der Waals surface area contributed by atoms with Crippen LogP contribution in [0.15, 0.2) is 72.7 Å². The first-order valence-electron chi connectivity index (χ1n) is 10.8. The number of nitrogens with one attached hydrogen (secondary N) is 1. The van der Waals surface area contributed by atoms with Crippen LogP contribution in [0.2, 0.25) is 0 Å². The quantitative estimate of drug-likeness (QED) is 0.486. The molecule has 3 aromatic rings. The van der Waals surface area contributed by atoms with Gasteiger partial charge in [0, 0.05) is 24.1 Å². The molecule has 0 unspecified atom stereocenters. The van der Waals surface area contributed by atoms with E-state index >= 15 is 0 Å². The summed E-state index contributed by atoms with van der Waals surface area (Å²) in [5.41, 5.74) is 2.48. The molecular formula is C26H25N3O5. The molecule has 0 atom stereocenters. The first-order chi connectivity index (χ1) is 16.5. The molecule has 1 aliphatic heterocycles. The topological polar surface area (TPSA) is 90.0 Å². The predicted molar refractivity (Wildman–Crippen MR) is 127 cm³/mol. The number of nitrogens with zero attached hydrogens (tertiary/aromatic N) is 2. The minimum absolute atomic E-state index is 0.137. The summed E-state index contributed by atoms with van der Waals surface area (Å²) in [6, 6.07) is 15.9. The molecule has 2 aromatic carbocycles. The molecule has 2 heterocycles. The van der Waals surface area contributed by atoms with Gasteiger partial charge in [-0.15, -0.1) is 0 Å². The molecule has 0 fully saturated rings. The number of amides is 2. The number of ether oxygens (including phenoxy) is 3. The van der Waals surface area contributed by atoms with Crippen molar-refractivity contribution < 1.29 is 23.8 Å². The van der Waals surface area contributed by atoms with Gasteiger partial charge in [-0.05, 0) is 54.4 Å². The summed E-state index contributed by atoms with van der Waals surface area (Å²) >= 11 is 0. The molecule has 1 N–H and O–H groups in total. The highest BCUT2D eigenvalue weighted by Gasteiger charge is 2.39. The molecule has 0 bridgehead atoms. The van der Waals surface area contributed by atoms with Crippen molar-refractivity contribution in [2.75, 3.05) is 26.1 Å². The van der Waals surface area contributed by atoms with Crippen LogP contribution in [-0.4, -0.2) is 42.5 Å². The number of benzene rings is 2. The van der Waals surface area contributed by atoms with Crippen LogP contribution in [0.5, 0.6) is 17.2 Å². The van der Waals surface area contributed by atoms with Crippen molar-refractivity contribution in [3.05, 3.63) is 83.8 Å². The number of rotatable bonds is 9. The van der Waals surface area contributed by atoms with Gasteiger partial charge in [-0.25, -0.2) is 0 Å². The van der Waals surface area contributed by atoms with E-state index in [2.05, 4.69) is 10.3 Å². The van der Waals surface area contributed by atoms with Crippen molar-refractivity contribution in [3.8, 4) is 17.2 Å². The molecule has 2 amide bonds. The SMILES string of the molecule is CCOc1ccc(C2=C(Nc3ccc(OC)c(OC)c3)C(=O)N(Cc3ccncc3)C2=O)cc1. The molecule has 0 saturated carbocycles.